The summed E-state index contributed by atoms with van der Waals surface area (Å²) in [5, 5.41) is 13.8. The maximum absolute atomic E-state index is 12.6. The standard InChI is InChI=1S/C15H20IN3O4/c1-15(2,3)23-14(22)18-6-10-11(13(20)21)12(16)17-19(10)7-9(18)8-4-5-8/h8-9H,4-7H2,1-3H3,(H,20,21). The van der Waals surface area contributed by atoms with Crippen molar-refractivity contribution in [2.24, 2.45) is 5.92 Å². The number of aromatic nitrogens is 2. The molecule has 0 radical (unpaired) electrons. The molecule has 1 aliphatic carbocycles. The van der Waals surface area contributed by atoms with E-state index in [1.165, 1.54) is 0 Å². The molecule has 23 heavy (non-hydrogen) atoms. The van der Waals surface area contributed by atoms with Gasteiger partial charge < -0.3 is 9.84 Å². The number of nitrogens with zero attached hydrogens (tertiary/aromatic N) is 3. The topological polar surface area (TPSA) is 84.7 Å². The highest BCUT2D eigenvalue weighted by Crippen LogP contribution is 2.39. The normalized spacial score (nSPS) is 21.0. The minimum Gasteiger partial charge on any atom is -0.478 e. The van der Waals surface area contributed by atoms with E-state index < -0.39 is 11.6 Å². The van der Waals surface area contributed by atoms with Crippen LogP contribution in [-0.4, -0.2) is 43.5 Å². The summed E-state index contributed by atoms with van der Waals surface area (Å²) in [6, 6.07) is 0.0229. The molecule has 0 bridgehead atoms. The van der Waals surface area contributed by atoms with Gasteiger partial charge in [0.1, 0.15) is 14.9 Å². The number of hydrogen-bond donors (Lipinski definition) is 1. The average molecular weight is 433 g/mol. The van der Waals surface area contributed by atoms with E-state index in [0.29, 0.717) is 21.9 Å². The molecule has 1 aromatic heterocycles. The summed E-state index contributed by atoms with van der Waals surface area (Å²) in [6.45, 7) is 6.25. The van der Waals surface area contributed by atoms with Crippen molar-refractivity contribution in [2.45, 2.75) is 58.3 Å². The van der Waals surface area contributed by atoms with Gasteiger partial charge in [0.2, 0.25) is 0 Å². The zero-order valence-electron chi connectivity index (χ0n) is 13.4. The van der Waals surface area contributed by atoms with Crippen LogP contribution in [0.3, 0.4) is 0 Å². The summed E-state index contributed by atoms with van der Waals surface area (Å²) >= 11 is 1.94. The van der Waals surface area contributed by atoms with Gasteiger partial charge in [-0.2, -0.15) is 5.10 Å². The first-order chi connectivity index (χ1) is 10.7. The summed E-state index contributed by atoms with van der Waals surface area (Å²) in [4.78, 5) is 25.8. The fraction of sp³-hybridized carbons (Fsp3) is 0.667. The van der Waals surface area contributed by atoms with E-state index in [1.807, 2.05) is 43.4 Å². The van der Waals surface area contributed by atoms with Crippen molar-refractivity contribution < 1.29 is 19.4 Å². The Morgan fingerprint density at radius 2 is 2.00 bits per heavy atom. The molecular formula is C15H20IN3O4. The van der Waals surface area contributed by atoms with Crippen LogP contribution in [0.4, 0.5) is 4.79 Å². The zero-order chi connectivity index (χ0) is 16.9. The third-order valence-corrected chi connectivity index (χ3v) is 4.86. The lowest BCUT2D eigenvalue weighted by atomic mass is 10.1. The number of ether oxygens (including phenoxy) is 1. The summed E-state index contributed by atoms with van der Waals surface area (Å²) in [5.41, 5.74) is 0.186. The molecule has 1 unspecified atom stereocenters. The van der Waals surface area contributed by atoms with Crippen molar-refractivity contribution in [1.29, 1.82) is 0 Å². The van der Waals surface area contributed by atoms with Crippen molar-refractivity contribution in [3.8, 4) is 0 Å². The Morgan fingerprint density at radius 1 is 1.35 bits per heavy atom. The van der Waals surface area contributed by atoms with Crippen LogP contribution in [0, 0.1) is 9.62 Å². The minimum atomic E-state index is -1.01. The number of carboxylic acids is 1. The van der Waals surface area contributed by atoms with E-state index in [0.717, 1.165) is 12.8 Å². The SMILES string of the molecule is CC(C)(C)OC(=O)N1Cc2c(C(=O)O)c(I)nn2CC1C1CC1. The molecule has 3 rings (SSSR count). The second-order valence-corrected chi connectivity index (χ2v) is 8.13. The first-order valence-electron chi connectivity index (χ1n) is 7.65. The van der Waals surface area contributed by atoms with Gasteiger partial charge in [-0.3, -0.25) is 9.58 Å². The van der Waals surface area contributed by atoms with Crippen molar-refractivity contribution in [2.75, 3.05) is 0 Å². The number of carboxylic acid groups (broad SMARTS) is 1. The van der Waals surface area contributed by atoms with Crippen LogP contribution in [0.25, 0.3) is 0 Å². The first-order valence-corrected chi connectivity index (χ1v) is 8.73. The van der Waals surface area contributed by atoms with Crippen LogP contribution in [-0.2, 0) is 17.8 Å². The van der Waals surface area contributed by atoms with Crippen molar-refractivity contribution in [3.63, 3.8) is 0 Å². The van der Waals surface area contributed by atoms with E-state index in [2.05, 4.69) is 5.10 Å². The number of halogens is 1. The summed E-state index contributed by atoms with van der Waals surface area (Å²) in [6.07, 6.45) is 1.79. The predicted molar refractivity (Wildman–Crippen MR) is 90.2 cm³/mol. The fourth-order valence-corrected chi connectivity index (χ4v) is 3.75. The van der Waals surface area contributed by atoms with E-state index in [1.54, 1.807) is 9.58 Å². The Kier molecular flexibility index (Phi) is 4.06. The highest BCUT2D eigenvalue weighted by Gasteiger charge is 2.43. The van der Waals surface area contributed by atoms with Crippen LogP contribution in [0.1, 0.15) is 49.7 Å². The van der Waals surface area contributed by atoms with Gasteiger partial charge in [0.25, 0.3) is 0 Å². The lowest BCUT2D eigenvalue weighted by molar-refractivity contribution is 0.00337. The second kappa shape index (κ2) is 5.64. The molecule has 126 valence electrons. The van der Waals surface area contributed by atoms with Gasteiger partial charge in [0, 0.05) is 0 Å². The third-order valence-electron chi connectivity index (χ3n) is 4.10. The second-order valence-electron chi connectivity index (χ2n) is 7.11. The molecule has 0 aromatic carbocycles. The number of carbonyl (C=O) groups is 2. The van der Waals surface area contributed by atoms with Gasteiger partial charge in [-0.15, -0.1) is 0 Å². The first kappa shape index (κ1) is 16.5. The Bertz CT molecular complexity index is 660. The molecule has 1 fully saturated rings. The summed E-state index contributed by atoms with van der Waals surface area (Å²) < 4.78 is 7.72. The molecule has 1 aliphatic heterocycles. The lowest BCUT2D eigenvalue weighted by Gasteiger charge is -2.37. The summed E-state index contributed by atoms with van der Waals surface area (Å²) in [7, 11) is 0. The zero-order valence-corrected chi connectivity index (χ0v) is 15.5. The predicted octanol–water partition coefficient (Wildman–Crippen LogP) is 2.72. The van der Waals surface area contributed by atoms with Gasteiger partial charge in [0.05, 0.1) is 24.8 Å². The van der Waals surface area contributed by atoms with Crippen LogP contribution in [0.2, 0.25) is 0 Å². The van der Waals surface area contributed by atoms with E-state index in [4.69, 9.17) is 4.74 Å². The molecule has 8 heteroatoms. The number of aromatic carboxylic acids is 1. The summed E-state index contributed by atoms with van der Waals surface area (Å²) in [5.74, 6) is -0.560. The molecule has 1 amide bonds. The Balaban J connectivity index is 1.93. The molecule has 1 saturated carbocycles. The van der Waals surface area contributed by atoms with Gasteiger partial charge in [-0.25, -0.2) is 9.59 Å². The molecule has 0 saturated heterocycles. The van der Waals surface area contributed by atoms with Gasteiger partial charge in [0.15, 0.2) is 0 Å². The smallest absolute Gasteiger partial charge is 0.410 e. The monoisotopic (exact) mass is 433 g/mol. The average Bonchev–Trinajstić information content (AvgIpc) is 3.17. The molecule has 7 nitrogen and oxygen atoms in total. The molecule has 2 aliphatic rings. The maximum Gasteiger partial charge on any atom is 0.410 e. The van der Waals surface area contributed by atoms with Gasteiger partial charge in [-0.05, 0) is 62.1 Å². The number of hydrogen-bond acceptors (Lipinski definition) is 4. The maximum atomic E-state index is 12.6. The largest absolute Gasteiger partial charge is 0.478 e. The van der Waals surface area contributed by atoms with Gasteiger partial charge >= 0.3 is 12.1 Å². The number of fused-ring (bicyclic) bond motifs is 1. The van der Waals surface area contributed by atoms with E-state index >= 15 is 0 Å². The lowest BCUT2D eigenvalue weighted by Crippen LogP contribution is -2.49. The quantitative estimate of drug-likeness (QED) is 0.726. The minimum absolute atomic E-state index is 0.0229. The van der Waals surface area contributed by atoms with Crippen LogP contribution >= 0.6 is 22.6 Å². The van der Waals surface area contributed by atoms with E-state index in [9.17, 15) is 14.7 Å². The Hall–Kier alpha value is -1.32. The van der Waals surface area contributed by atoms with Crippen molar-refractivity contribution in [1.82, 2.24) is 14.7 Å². The highest BCUT2D eigenvalue weighted by atomic mass is 127. The van der Waals surface area contributed by atoms with Crippen LogP contribution in [0.15, 0.2) is 0 Å². The Labute approximate surface area is 148 Å². The molecular weight excluding hydrogens is 413 g/mol. The van der Waals surface area contributed by atoms with Crippen molar-refractivity contribution >= 4 is 34.7 Å². The number of carbonyl (C=O) groups excluding carboxylic acids is 1. The molecule has 2 heterocycles. The van der Waals surface area contributed by atoms with Crippen LogP contribution in [0.5, 0.6) is 0 Å². The number of amides is 1. The fourth-order valence-electron chi connectivity index (χ4n) is 2.95. The van der Waals surface area contributed by atoms with Gasteiger partial charge in [-0.1, -0.05) is 0 Å². The third kappa shape index (κ3) is 3.31. The molecule has 1 aromatic rings. The molecule has 1 atom stereocenters. The molecule has 1 N–H and O–H groups in total. The van der Waals surface area contributed by atoms with Crippen molar-refractivity contribution in [3.05, 3.63) is 15.0 Å². The van der Waals surface area contributed by atoms with Crippen LogP contribution < -0.4 is 0 Å². The molecule has 0 spiro atoms. The highest BCUT2D eigenvalue weighted by molar-refractivity contribution is 14.1. The number of rotatable bonds is 2. The Morgan fingerprint density at radius 3 is 2.52 bits per heavy atom. The van der Waals surface area contributed by atoms with E-state index in [-0.39, 0.29) is 24.2 Å².